The van der Waals surface area contributed by atoms with E-state index in [0.717, 1.165) is 32.1 Å². The van der Waals surface area contributed by atoms with Gasteiger partial charge in [-0.05, 0) is 49.7 Å². The number of amides is 1. The maximum Gasteiger partial charge on any atom is 0.223 e. The van der Waals surface area contributed by atoms with Crippen molar-refractivity contribution in [1.82, 2.24) is 5.32 Å². The molecule has 1 fully saturated rings. The summed E-state index contributed by atoms with van der Waals surface area (Å²) in [5.74, 6) is 0.810. The van der Waals surface area contributed by atoms with E-state index in [-0.39, 0.29) is 36.3 Å². The van der Waals surface area contributed by atoms with Crippen molar-refractivity contribution in [2.24, 2.45) is 17.6 Å². The minimum atomic E-state index is 0. The summed E-state index contributed by atoms with van der Waals surface area (Å²) in [5, 5.41) is 3.30. The number of hydrogen-bond donors (Lipinski definition) is 2. The lowest BCUT2D eigenvalue weighted by atomic mass is 9.85. The van der Waals surface area contributed by atoms with Crippen LogP contribution >= 0.6 is 12.4 Å². The molecule has 1 amide bonds. The van der Waals surface area contributed by atoms with Gasteiger partial charge in [0.05, 0.1) is 6.04 Å². The molecule has 4 heteroatoms. The molecule has 0 saturated heterocycles. The molecular formula is C19H31ClN2O. The summed E-state index contributed by atoms with van der Waals surface area (Å²) in [4.78, 5) is 12.7. The second-order valence-electron chi connectivity index (χ2n) is 7.17. The van der Waals surface area contributed by atoms with E-state index in [4.69, 9.17) is 5.73 Å². The number of aryl methyl sites for hydroxylation is 1. The SMILES string of the molecule is Cc1ccccc1C(CC(C)C)NC(=O)C1CCCC(N)C1.Cl. The lowest BCUT2D eigenvalue weighted by molar-refractivity contribution is -0.127. The molecule has 3 nitrogen and oxygen atoms in total. The van der Waals surface area contributed by atoms with Crippen LogP contribution in [0.1, 0.15) is 63.1 Å². The van der Waals surface area contributed by atoms with Gasteiger partial charge in [-0.15, -0.1) is 12.4 Å². The van der Waals surface area contributed by atoms with Crippen LogP contribution in [0.3, 0.4) is 0 Å². The largest absolute Gasteiger partial charge is 0.349 e. The summed E-state index contributed by atoms with van der Waals surface area (Å²) in [6.07, 6.45) is 4.89. The van der Waals surface area contributed by atoms with Gasteiger partial charge in [-0.3, -0.25) is 4.79 Å². The van der Waals surface area contributed by atoms with Gasteiger partial charge < -0.3 is 11.1 Å². The normalized spacial score (nSPS) is 22.3. The summed E-state index contributed by atoms with van der Waals surface area (Å²) >= 11 is 0. The molecule has 1 aromatic rings. The van der Waals surface area contributed by atoms with Gasteiger partial charge in [-0.1, -0.05) is 44.5 Å². The summed E-state index contributed by atoms with van der Waals surface area (Å²) in [6.45, 7) is 6.52. The molecule has 2 rings (SSSR count). The van der Waals surface area contributed by atoms with Crippen LogP contribution in [0.4, 0.5) is 0 Å². The molecule has 1 aromatic carbocycles. The molecular weight excluding hydrogens is 308 g/mol. The lowest BCUT2D eigenvalue weighted by Gasteiger charge is -2.29. The molecule has 0 radical (unpaired) electrons. The number of rotatable bonds is 5. The zero-order chi connectivity index (χ0) is 16.1. The third-order valence-electron chi connectivity index (χ3n) is 4.67. The minimum absolute atomic E-state index is 0. The highest BCUT2D eigenvalue weighted by Crippen LogP contribution is 2.27. The predicted molar refractivity (Wildman–Crippen MR) is 98.7 cm³/mol. The Hall–Kier alpha value is -1.06. The van der Waals surface area contributed by atoms with E-state index in [1.165, 1.54) is 11.1 Å². The Morgan fingerprint density at radius 2 is 2.00 bits per heavy atom. The molecule has 130 valence electrons. The molecule has 0 bridgehead atoms. The maximum absolute atomic E-state index is 12.7. The number of benzene rings is 1. The van der Waals surface area contributed by atoms with Crippen LogP contribution in [-0.4, -0.2) is 11.9 Å². The van der Waals surface area contributed by atoms with Gasteiger partial charge in [0.25, 0.3) is 0 Å². The average Bonchev–Trinajstić information content (AvgIpc) is 2.46. The van der Waals surface area contributed by atoms with Crippen molar-refractivity contribution >= 4 is 18.3 Å². The zero-order valence-corrected chi connectivity index (χ0v) is 15.4. The van der Waals surface area contributed by atoms with Crippen LogP contribution in [-0.2, 0) is 4.79 Å². The van der Waals surface area contributed by atoms with Crippen molar-refractivity contribution in [2.75, 3.05) is 0 Å². The first-order chi connectivity index (χ1) is 10.5. The Morgan fingerprint density at radius 3 is 2.61 bits per heavy atom. The number of carbonyl (C=O) groups excluding carboxylic acids is 1. The monoisotopic (exact) mass is 338 g/mol. The van der Waals surface area contributed by atoms with E-state index in [9.17, 15) is 4.79 Å². The van der Waals surface area contributed by atoms with Crippen LogP contribution in [0.25, 0.3) is 0 Å². The van der Waals surface area contributed by atoms with Crippen molar-refractivity contribution < 1.29 is 4.79 Å². The quantitative estimate of drug-likeness (QED) is 0.847. The first kappa shape index (κ1) is 20.0. The summed E-state index contributed by atoms with van der Waals surface area (Å²) in [7, 11) is 0. The second kappa shape index (κ2) is 9.29. The first-order valence-corrected chi connectivity index (χ1v) is 8.59. The van der Waals surface area contributed by atoms with E-state index < -0.39 is 0 Å². The maximum atomic E-state index is 12.7. The molecule has 0 aromatic heterocycles. The molecule has 1 aliphatic carbocycles. The summed E-state index contributed by atoms with van der Waals surface area (Å²) in [6, 6.07) is 8.64. The molecule has 3 unspecified atom stereocenters. The highest BCUT2D eigenvalue weighted by Gasteiger charge is 2.27. The Kier molecular flexibility index (Phi) is 8.07. The number of nitrogens with two attached hydrogens (primary N) is 1. The molecule has 1 aliphatic rings. The molecule has 1 saturated carbocycles. The number of halogens is 1. The molecule has 23 heavy (non-hydrogen) atoms. The Bertz CT molecular complexity index is 504. The smallest absolute Gasteiger partial charge is 0.223 e. The number of nitrogens with one attached hydrogen (secondary N) is 1. The van der Waals surface area contributed by atoms with Crippen LogP contribution in [0.2, 0.25) is 0 Å². The highest BCUT2D eigenvalue weighted by atomic mass is 35.5. The number of hydrogen-bond acceptors (Lipinski definition) is 2. The predicted octanol–water partition coefficient (Wildman–Crippen LogP) is 4.14. The van der Waals surface area contributed by atoms with Crippen molar-refractivity contribution in [3.8, 4) is 0 Å². The van der Waals surface area contributed by atoms with Crippen molar-refractivity contribution in [1.29, 1.82) is 0 Å². The van der Waals surface area contributed by atoms with E-state index in [0.29, 0.717) is 5.92 Å². The fourth-order valence-electron chi connectivity index (χ4n) is 3.47. The Morgan fingerprint density at radius 1 is 1.30 bits per heavy atom. The summed E-state index contributed by atoms with van der Waals surface area (Å²) < 4.78 is 0. The molecule has 0 heterocycles. The van der Waals surface area contributed by atoms with Gasteiger partial charge in [0.15, 0.2) is 0 Å². The van der Waals surface area contributed by atoms with Gasteiger partial charge in [0.2, 0.25) is 5.91 Å². The molecule has 3 atom stereocenters. The third kappa shape index (κ3) is 5.82. The van der Waals surface area contributed by atoms with Crippen molar-refractivity contribution in [2.45, 2.75) is 65.0 Å². The van der Waals surface area contributed by atoms with Gasteiger partial charge in [0.1, 0.15) is 0 Å². The molecule has 0 spiro atoms. The van der Waals surface area contributed by atoms with Crippen LogP contribution < -0.4 is 11.1 Å². The average molecular weight is 339 g/mol. The standard InChI is InChI=1S/C19H30N2O.ClH/c1-13(2)11-18(17-10-5-4-7-14(17)3)21-19(22)15-8-6-9-16(20)12-15;/h4-5,7,10,13,15-16,18H,6,8-9,11-12,20H2,1-3H3,(H,21,22);1H. The number of carbonyl (C=O) groups is 1. The van der Waals surface area contributed by atoms with E-state index in [2.05, 4.69) is 44.3 Å². The third-order valence-corrected chi connectivity index (χ3v) is 4.67. The van der Waals surface area contributed by atoms with E-state index in [1.54, 1.807) is 0 Å². The van der Waals surface area contributed by atoms with Gasteiger partial charge in [0, 0.05) is 12.0 Å². The Labute approximate surface area is 146 Å². The van der Waals surface area contributed by atoms with Gasteiger partial charge >= 0.3 is 0 Å². The lowest BCUT2D eigenvalue weighted by Crippen LogP contribution is -2.39. The van der Waals surface area contributed by atoms with Crippen molar-refractivity contribution in [3.05, 3.63) is 35.4 Å². The van der Waals surface area contributed by atoms with E-state index in [1.807, 2.05) is 6.07 Å². The first-order valence-electron chi connectivity index (χ1n) is 8.59. The molecule has 3 N–H and O–H groups in total. The van der Waals surface area contributed by atoms with E-state index >= 15 is 0 Å². The van der Waals surface area contributed by atoms with Gasteiger partial charge in [-0.2, -0.15) is 0 Å². The fourth-order valence-corrected chi connectivity index (χ4v) is 3.47. The zero-order valence-electron chi connectivity index (χ0n) is 14.5. The summed E-state index contributed by atoms with van der Waals surface area (Å²) in [5.41, 5.74) is 8.51. The molecule has 0 aliphatic heterocycles. The topological polar surface area (TPSA) is 55.1 Å². The fraction of sp³-hybridized carbons (Fsp3) is 0.632. The minimum Gasteiger partial charge on any atom is -0.349 e. The van der Waals surface area contributed by atoms with Gasteiger partial charge in [-0.25, -0.2) is 0 Å². The highest BCUT2D eigenvalue weighted by molar-refractivity contribution is 5.85. The van der Waals surface area contributed by atoms with Crippen LogP contribution in [0.5, 0.6) is 0 Å². The Balaban J connectivity index is 0.00000264. The second-order valence-corrected chi connectivity index (χ2v) is 7.17. The van der Waals surface area contributed by atoms with Crippen molar-refractivity contribution in [3.63, 3.8) is 0 Å². The van der Waals surface area contributed by atoms with Crippen LogP contribution in [0, 0.1) is 18.8 Å². The van der Waals surface area contributed by atoms with Crippen LogP contribution in [0.15, 0.2) is 24.3 Å².